The van der Waals surface area contributed by atoms with Gasteiger partial charge in [0.1, 0.15) is 5.82 Å². The summed E-state index contributed by atoms with van der Waals surface area (Å²) in [5, 5.41) is 11.9. The van der Waals surface area contributed by atoms with E-state index in [1.165, 1.54) is 0 Å². The van der Waals surface area contributed by atoms with Gasteiger partial charge in [-0.1, -0.05) is 20.8 Å². The van der Waals surface area contributed by atoms with E-state index in [-0.39, 0.29) is 30.5 Å². The van der Waals surface area contributed by atoms with Crippen LogP contribution in [0.5, 0.6) is 0 Å². The van der Waals surface area contributed by atoms with Crippen LogP contribution in [0.2, 0.25) is 0 Å². The zero-order valence-corrected chi connectivity index (χ0v) is 14.7. The van der Waals surface area contributed by atoms with Crippen molar-refractivity contribution in [3.8, 4) is 0 Å². The first kappa shape index (κ1) is 18.3. The maximum atomic E-state index is 12.5. The number of carbonyl (C=O) groups is 2. The number of aromatic nitrogens is 2. The van der Waals surface area contributed by atoms with Gasteiger partial charge in [-0.05, 0) is 32.2 Å². The standard InChI is InChI=1S/C17H26N4O3/c1-5-21(9-15(22)23)13-6-12(7-13)20-17(24)14-8-18-11(4)19-16(14)10(2)3/h8,10,12-13H,5-7,9H2,1-4H3,(H,20,24)(H,22,23). The van der Waals surface area contributed by atoms with Crippen LogP contribution >= 0.6 is 0 Å². The van der Waals surface area contributed by atoms with Gasteiger partial charge in [0.25, 0.3) is 5.91 Å². The van der Waals surface area contributed by atoms with Gasteiger partial charge in [-0.25, -0.2) is 9.97 Å². The summed E-state index contributed by atoms with van der Waals surface area (Å²) in [7, 11) is 0. The molecule has 1 heterocycles. The number of carboxylic acids is 1. The molecule has 0 atom stereocenters. The Morgan fingerprint density at radius 3 is 2.62 bits per heavy atom. The van der Waals surface area contributed by atoms with Crippen molar-refractivity contribution in [2.24, 2.45) is 0 Å². The number of aliphatic carboxylic acids is 1. The van der Waals surface area contributed by atoms with E-state index in [2.05, 4.69) is 15.3 Å². The van der Waals surface area contributed by atoms with Gasteiger partial charge in [-0.3, -0.25) is 14.5 Å². The van der Waals surface area contributed by atoms with E-state index < -0.39 is 5.97 Å². The van der Waals surface area contributed by atoms with Crippen molar-refractivity contribution in [3.05, 3.63) is 23.3 Å². The predicted molar refractivity (Wildman–Crippen MR) is 90.0 cm³/mol. The molecule has 7 heteroatoms. The summed E-state index contributed by atoms with van der Waals surface area (Å²) >= 11 is 0. The van der Waals surface area contributed by atoms with Crippen LogP contribution in [0, 0.1) is 6.92 Å². The minimum Gasteiger partial charge on any atom is -0.480 e. The Kier molecular flexibility index (Phi) is 5.88. The van der Waals surface area contributed by atoms with Gasteiger partial charge < -0.3 is 10.4 Å². The molecule has 7 nitrogen and oxygen atoms in total. The number of carbonyl (C=O) groups excluding carboxylic acids is 1. The van der Waals surface area contributed by atoms with Crippen LogP contribution in [0.4, 0.5) is 0 Å². The van der Waals surface area contributed by atoms with Gasteiger partial charge in [-0.15, -0.1) is 0 Å². The normalized spacial score (nSPS) is 20.1. The number of nitrogens with one attached hydrogen (secondary N) is 1. The number of aryl methyl sites for hydroxylation is 1. The highest BCUT2D eigenvalue weighted by Crippen LogP contribution is 2.26. The lowest BCUT2D eigenvalue weighted by molar-refractivity contribution is -0.139. The van der Waals surface area contributed by atoms with Crippen LogP contribution in [-0.2, 0) is 4.79 Å². The van der Waals surface area contributed by atoms with Crippen molar-refractivity contribution in [2.75, 3.05) is 13.1 Å². The molecule has 132 valence electrons. The fourth-order valence-electron chi connectivity index (χ4n) is 3.04. The molecule has 2 rings (SSSR count). The molecule has 0 spiro atoms. The lowest BCUT2D eigenvalue weighted by Gasteiger charge is -2.42. The summed E-state index contributed by atoms with van der Waals surface area (Å²) in [6.45, 7) is 8.51. The van der Waals surface area contributed by atoms with Gasteiger partial charge in [0.15, 0.2) is 0 Å². The van der Waals surface area contributed by atoms with E-state index in [1.54, 1.807) is 6.20 Å². The quantitative estimate of drug-likeness (QED) is 0.786. The molecule has 2 N–H and O–H groups in total. The predicted octanol–water partition coefficient (Wildman–Crippen LogP) is 1.58. The van der Waals surface area contributed by atoms with Crippen molar-refractivity contribution in [2.45, 2.75) is 58.5 Å². The van der Waals surface area contributed by atoms with Crippen molar-refractivity contribution in [1.29, 1.82) is 0 Å². The van der Waals surface area contributed by atoms with E-state index >= 15 is 0 Å². The van der Waals surface area contributed by atoms with Gasteiger partial charge in [0.05, 0.1) is 17.8 Å². The van der Waals surface area contributed by atoms with Crippen LogP contribution in [0.15, 0.2) is 6.20 Å². The third-order valence-electron chi connectivity index (χ3n) is 4.44. The third kappa shape index (κ3) is 4.29. The maximum absolute atomic E-state index is 12.5. The summed E-state index contributed by atoms with van der Waals surface area (Å²) < 4.78 is 0. The fraction of sp³-hybridized carbons (Fsp3) is 0.647. The molecule has 1 fully saturated rings. The van der Waals surface area contributed by atoms with E-state index in [4.69, 9.17) is 5.11 Å². The first-order chi connectivity index (χ1) is 11.3. The maximum Gasteiger partial charge on any atom is 0.317 e. The molecule has 0 bridgehead atoms. The van der Waals surface area contributed by atoms with Gasteiger partial charge in [0.2, 0.25) is 0 Å². The monoisotopic (exact) mass is 334 g/mol. The third-order valence-corrected chi connectivity index (χ3v) is 4.44. The van der Waals surface area contributed by atoms with Crippen LogP contribution < -0.4 is 5.32 Å². The van der Waals surface area contributed by atoms with Crippen LogP contribution in [0.25, 0.3) is 0 Å². The molecule has 0 saturated heterocycles. The highest BCUT2D eigenvalue weighted by Gasteiger charge is 2.35. The first-order valence-corrected chi connectivity index (χ1v) is 8.42. The molecule has 0 aromatic carbocycles. The topological polar surface area (TPSA) is 95.4 Å². The van der Waals surface area contributed by atoms with Gasteiger partial charge in [-0.2, -0.15) is 0 Å². The largest absolute Gasteiger partial charge is 0.480 e. The molecule has 0 aliphatic heterocycles. The summed E-state index contributed by atoms with van der Waals surface area (Å²) in [6.07, 6.45) is 3.14. The minimum atomic E-state index is -0.817. The molecule has 1 amide bonds. The second kappa shape index (κ2) is 7.70. The summed E-state index contributed by atoms with van der Waals surface area (Å²) in [6, 6.07) is 0.293. The molecule has 24 heavy (non-hydrogen) atoms. The molecule has 1 aromatic rings. The number of likely N-dealkylation sites (N-methyl/N-ethyl adjacent to an activating group) is 1. The molecule has 0 unspecified atom stereocenters. The number of amides is 1. The summed E-state index contributed by atoms with van der Waals surface area (Å²) in [5.74, 6) is -0.162. The number of carboxylic acid groups (broad SMARTS) is 1. The Hall–Kier alpha value is -2.02. The van der Waals surface area contributed by atoms with E-state index in [0.29, 0.717) is 17.9 Å². The lowest BCUT2D eigenvalue weighted by atomic mass is 9.85. The average molecular weight is 334 g/mol. The summed E-state index contributed by atoms with van der Waals surface area (Å²) in [4.78, 5) is 33.8. The van der Waals surface area contributed by atoms with E-state index in [0.717, 1.165) is 18.5 Å². The Labute approximate surface area is 142 Å². The fourth-order valence-corrected chi connectivity index (χ4v) is 3.04. The number of hydrogen-bond donors (Lipinski definition) is 2. The zero-order valence-electron chi connectivity index (χ0n) is 14.7. The first-order valence-electron chi connectivity index (χ1n) is 8.42. The van der Waals surface area contributed by atoms with Gasteiger partial charge >= 0.3 is 5.97 Å². The van der Waals surface area contributed by atoms with Crippen molar-refractivity contribution < 1.29 is 14.7 Å². The highest BCUT2D eigenvalue weighted by molar-refractivity contribution is 5.95. The summed E-state index contributed by atoms with van der Waals surface area (Å²) in [5.41, 5.74) is 1.29. The van der Waals surface area contributed by atoms with Crippen LogP contribution in [0.1, 0.15) is 61.4 Å². The van der Waals surface area contributed by atoms with E-state index in [9.17, 15) is 9.59 Å². The van der Waals surface area contributed by atoms with Crippen molar-refractivity contribution >= 4 is 11.9 Å². The molecule has 1 aliphatic rings. The second-order valence-corrected chi connectivity index (χ2v) is 6.62. The Morgan fingerprint density at radius 1 is 1.42 bits per heavy atom. The van der Waals surface area contributed by atoms with Crippen molar-refractivity contribution in [1.82, 2.24) is 20.2 Å². The molecule has 0 radical (unpaired) electrons. The molecular formula is C17H26N4O3. The Bertz CT molecular complexity index is 612. The second-order valence-electron chi connectivity index (χ2n) is 6.62. The Balaban J connectivity index is 1.95. The number of nitrogens with zero attached hydrogens (tertiary/aromatic N) is 3. The molecule has 1 aromatic heterocycles. The zero-order chi connectivity index (χ0) is 17.9. The highest BCUT2D eigenvalue weighted by atomic mass is 16.4. The van der Waals surface area contributed by atoms with Gasteiger partial charge in [0, 0.05) is 18.3 Å². The molecular weight excluding hydrogens is 308 g/mol. The van der Waals surface area contributed by atoms with Crippen LogP contribution in [-0.4, -0.2) is 57.0 Å². The number of hydrogen-bond acceptors (Lipinski definition) is 5. The Morgan fingerprint density at radius 2 is 2.08 bits per heavy atom. The molecule has 1 aliphatic carbocycles. The smallest absolute Gasteiger partial charge is 0.317 e. The van der Waals surface area contributed by atoms with E-state index in [1.807, 2.05) is 32.6 Å². The van der Waals surface area contributed by atoms with Crippen LogP contribution in [0.3, 0.4) is 0 Å². The average Bonchev–Trinajstić information content (AvgIpc) is 2.47. The number of rotatable bonds is 7. The lowest BCUT2D eigenvalue weighted by Crippen LogP contribution is -2.54. The SMILES string of the molecule is CCN(CC(=O)O)C1CC(NC(=O)c2cnc(C)nc2C(C)C)C1. The minimum absolute atomic E-state index is 0.0468. The van der Waals surface area contributed by atoms with Crippen molar-refractivity contribution in [3.63, 3.8) is 0 Å². The molecule has 1 saturated carbocycles.